The maximum atomic E-state index is 11.6. The van der Waals surface area contributed by atoms with E-state index in [0.717, 1.165) is 23.3 Å². The van der Waals surface area contributed by atoms with Gasteiger partial charge in [0.1, 0.15) is 5.75 Å². The van der Waals surface area contributed by atoms with Crippen LogP contribution in [-0.2, 0) is 6.42 Å². The van der Waals surface area contributed by atoms with E-state index in [1.54, 1.807) is 13.3 Å². The number of aryl methyl sites for hydroxylation is 1. The Labute approximate surface area is 103 Å². The summed E-state index contributed by atoms with van der Waals surface area (Å²) in [5, 5.41) is 11.6. The summed E-state index contributed by atoms with van der Waals surface area (Å²) in [5.74, 6) is 0.859. The molecule has 0 saturated heterocycles. The fourth-order valence-electron chi connectivity index (χ4n) is 1.41. The maximum absolute atomic E-state index is 11.6. The lowest BCUT2D eigenvalue weighted by Gasteiger charge is -2.18. The molecule has 1 aromatic carbocycles. The second-order valence-electron chi connectivity index (χ2n) is 5.07. The summed E-state index contributed by atoms with van der Waals surface area (Å²) in [6.45, 7) is 5.72. The second kappa shape index (κ2) is 5.71. The first-order chi connectivity index (χ1) is 7.93. The predicted octanol–water partition coefficient (Wildman–Crippen LogP) is 3.01. The Balaban J connectivity index is 2.51. The summed E-state index contributed by atoms with van der Waals surface area (Å²) in [4.78, 5) is 0. The molecule has 0 bridgehead atoms. The van der Waals surface area contributed by atoms with Crippen LogP contribution in [0.4, 0.5) is 0 Å². The van der Waals surface area contributed by atoms with E-state index in [1.807, 2.05) is 45.0 Å². The maximum Gasteiger partial charge on any atom is 0.164 e. The van der Waals surface area contributed by atoms with Crippen molar-refractivity contribution in [2.75, 3.05) is 7.11 Å². The molecule has 0 heterocycles. The van der Waals surface area contributed by atoms with Crippen LogP contribution in [0.3, 0.4) is 0 Å². The summed E-state index contributed by atoms with van der Waals surface area (Å²) in [6.07, 6.45) is 3.34. The average molecular weight is 235 g/mol. The smallest absolute Gasteiger partial charge is 0.164 e. The highest BCUT2D eigenvalue weighted by atomic mass is 16.5. The van der Waals surface area contributed by atoms with Crippen LogP contribution in [0.15, 0.2) is 24.3 Å². The van der Waals surface area contributed by atoms with Gasteiger partial charge in [-0.2, -0.15) is 0 Å². The van der Waals surface area contributed by atoms with Crippen molar-refractivity contribution >= 4 is 6.21 Å². The van der Waals surface area contributed by atoms with E-state index in [1.165, 1.54) is 5.56 Å². The van der Waals surface area contributed by atoms with Gasteiger partial charge >= 0.3 is 0 Å². The first kappa shape index (κ1) is 13.6. The Hall–Kier alpha value is -1.51. The van der Waals surface area contributed by atoms with Crippen molar-refractivity contribution in [3.8, 4) is 5.75 Å². The summed E-state index contributed by atoms with van der Waals surface area (Å²) in [7, 11) is 1.65. The number of methoxy groups -OCH3 is 1. The zero-order valence-corrected chi connectivity index (χ0v) is 11.1. The van der Waals surface area contributed by atoms with Gasteiger partial charge in [-0.3, -0.25) is 0 Å². The predicted molar refractivity (Wildman–Crippen MR) is 70.8 cm³/mol. The molecule has 94 valence electrons. The van der Waals surface area contributed by atoms with Crippen molar-refractivity contribution in [3.63, 3.8) is 0 Å². The molecule has 0 aromatic heterocycles. The van der Waals surface area contributed by atoms with Gasteiger partial charge in [0, 0.05) is 27.2 Å². The number of nitrogens with zero attached hydrogens (tertiary/aromatic N) is 1. The average Bonchev–Trinajstić information content (AvgIpc) is 2.28. The summed E-state index contributed by atoms with van der Waals surface area (Å²) in [6, 6.07) is 7.93. The van der Waals surface area contributed by atoms with Crippen molar-refractivity contribution in [3.05, 3.63) is 35.0 Å². The van der Waals surface area contributed by atoms with Crippen LogP contribution in [0.2, 0.25) is 0 Å². The molecular formula is C14H21NO2. The molecule has 0 saturated carbocycles. The summed E-state index contributed by atoms with van der Waals surface area (Å²) >= 11 is 0. The number of hydroxylamine groups is 1. The van der Waals surface area contributed by atoms with Crippen LogP contribution >= 0.6 is 0 Å². The Morgan fingerprint density at radius 1 is 1.24 bits per heavy atom. The molecule has 17 heavy (non-hydrogen) atoms. The molecule has 0 aliphatic rings. The number of benzene rings is 1. The molecular weight excluding hydrogens is 214 g/mol. The number of hydrogen-bond acceptors (Lipinski definition) is 2. The van der Waals surface area contributed by atoms with Crippen molar-refractivity contribution in [1.82, 2.24) is 0 Å². The van der Waals surface area contributed by atoms with E-state index in [0.29, 0.717) is 0 Å². The van der Waals surface area contributed by atoms with Gasteiger partial charge in [-0.25, -0.2) is 4.74 Å². The van der Waals surface area contributed by atoms with Crippen LogP contribution in [0.5, 0.6) is 5.75 Å². The minimum Gasteiger partial charge on any atom is -0.624 e. The molecule has 0 spiro atoms. The highest BCUT2D eigenvalue weighted by Gasteiger charge is 2.17. The summed E-state index contributed by atoms with van der Waals surface area (Å²) in [5.41, 5.74) is 0.865. The zero-order chi connectivity index (χ0) is 12.9. The molecule has 0 radical (unpaired) electrons. The lowest BCUT2D eigenvalue weighted by Crippen LogP contribution is -2.29. The van der Waals surface area contributed by atoms with Crippen molar-refractivity contribution in [2.24, 2.45) is 0 Å². The van der Waals surface area contributed by atoms with Gasteiger partial charge < -0.3 is 9.94 Å². The number of hydrogen-bond donors (Lipinski definition) is 0. The second-order valence-corrected chi connectivity index (χ2v) is 5.07. The van der Waals surface area contributed by atoms with Gasteiger partial charge in [0.15, 0.2) is 11.8 Å². The Bertz CT molecular complexity index is 374. The monoisotopic (exact) mass is 235 g/mol. The first-order valence-electron chi connectivity index (χ1n) is 5.86. The molecule has 1 aromatic rings. The number of ether oxygens (including phenoxy) is 1. The van der Waals surface area contributed by atoms with Crippen molar-refractivity contribution in [1.29, 1.82) is 0 Å². The van der Waals surface area contributed by atoms with Crippen molar-refractivity contribution in [2.45, 2.75) is 39.2 Å². The van der Waals surface area contributed by atoms with Gasteiger partial charge in [0.05, 0.1) is 7.11 Å². The van der Waals surface area contributed by atoms with Crippen molar-refractivity contribution < 1.29 is 9.48 Å². The van der Waals surface area contributed by atoms with E-state index < -0.39 is 0 Å². The molecule has 0 amide bonds. The zero-order valence-electron chi connectivity index (χ0n) is 11.1. The first-order valence-corrected chi connectivity index (χ1v) is 5.86. The quantitative estimate of drug-likeness (QED) is 0.348. The van der Waals surface area contributed by atoms with Crippen LogP contribution in [0, 0.1) is 5.21 Å². The molecule has 0 aliphatic carbocycles. The van der Waals surface area contributed by atoms with Gasteiger partial charge in [0.25, 0.3) is 0 Å². The van der Waals surface area contributed by atoms with Gasteiger partial charge in [-0.15, -0.1) is 0 Å². The Morgan fingerprint density at radius 3 is 2.29 bits per heavy atom. The third kappa shape index (κ3) is 4.47. The van der Waals surface area contributed by atoms with Gasteiger partial charge in [-0.05, 0) is 24.1 Å². The van der Waals surface area contributed by atoms with Gasteiger partial charge in [-0.1, -0.05) is 12.1 Å². The molecule has 0 fully saturated rings. The van der Waals surface area contributed by atoms with Crippen LogP contribution in [-0.4, -0.2) is 23.6 Å². The van der Waals surface area contributed by atoms with E-state index in [2.05, 4.69) is 0 Å². The van der Waals surface area contributed by atoms with Crippen LogP contribution in [0.25, 0.3) is 0 Å². The lowest BCUT2D eigenvalue weighted by molar-refractivity contribution is -0.532. The fraction of sp³-hybridized carbons (Fsp3) is 0.500. The fourth-order valence-corrected chi connectivity index (χ4v) is 1.41. The number of rotatable bonds is 4. The van der Waals surface area contributed by atoms with E-state index in [4.69, 9.17) is 4.74 Å². The Morgan fingerprint density at radius 2 is 1.82 bits per heavy atom. The Kier molecular flexibility index (Phi) is 4.55. The highest BCUT2D eigenvalue weighted by Crippen LogP contribution is 2.12. The molecule has 3 nitrogen and oxygen atoms in total. The highest BCUT2D eigenvalue weighted by molar-refractivity contribution is 5.52. The molecule has 1 rings (SSSR count). The third-order valence-corrected chi connectivity index (χ3v) is 2.55. The molecule has 0 aliphatic heterocycles. The van der Waals surface area contributed by atoms with Crippen LogP contribution in [0.1, 0.15) is 32.8 Å². The molecule has 0 atom stereocenters. The standard InChI is InChI=1S/C14H21NO2/c1-14(2,3)15(16)11-5-6-12-7-9-13(17-4)10-8-12/h7-11H,5-6H2,1-4H3/b15-11+. The largest absolute Gasteiger partial charge is 0.624 e. The molecule has 0 unspecified atom stereocenters. The minimum absolute atomic E-state index is 0.347. The van der Waals surface area contributed by atoms with E-state index >= 15 is 0 Å². The third-order valence-electron chi connectivity index (χ3n) is 2.55. The normalized spacial score (nSPS) is 12.6. The molecule has 0 N–H and O–H groups in total. The summed E-state index contributed by atoms with van der Waals surface area (Å²) < 4.78 is 6.11. The SMILES string of the molecule is COc1ccc(CC/C=[N+](/[O-])C(C)(C)C)cc1. The van der Waals surface area contributed by atoms with Crippen LogP contribution < -0.4 is 4.74 Å². The van der Waals surface area contributed by atoms with Gasteiger partial charge in [0.2, 0.25) is 0 Å². The lowest BCUT2D eigenvalue weighted by atomic mass is 10.1. The minimum atomic E-state index is -0.347. The van der Waals surface area contributed by atoms with E-state index in [9.17, 15) is 5.21 Å². The van der Waals surface area contributed by atoms with E-state index in [-0.39, 0.29) is 5.54 Å². The topological polar surface area (TPSA) is 35.3 Å². The molecule has 3 heteroatoms.